The van der Waals surface area contributed by atoms with E-state index in [1.165, 1.54) is 11.1 Å². The fourth-order valence-corrected chi connectivity index (χ4v) is 2.83. The summed E-state index contributed by atoms with van der Waals surface area (Å²) in [4.78, 5) is 2.34. The molecule has 0 bridgehead atoms. The first-order chi connectivity index (χ1) is 8.25. The van der Waals surface area contributed by atoms with Gasteiger partial charge in [0.05, 0.1) is 6.61 Å². The molecule has 2 heterocycles. The average Bonchev–Trinajstić information content (AvgIpc) is 2.76. The number of β-amino-alcohol motifs (C(OH)–C–C–N with tert-alkyl or cyclic N) is 1. The van der Waals surface area contributed by atoms with Crippen molar-refractivity contribution in [1.82, 2.24) is 4.90 Å². The van der Waals surface area contributed by atoms with Crippen LogP contribution in [0.2, 0.25) is 0 Å². The smallest absolute Gasteiger partial charge is 0.103 e. The van der Waals surface area contributed by atoms with Gasteiger partial charge in [0.15, 0.2) is 0 Å². The lowest BCUT2D eigenvalue weighted by Crippen LogP contribution is -2.45. The first-order valence-corrected chi connectivity index (χ1v) is 6.34. The maximum Gasteiger partial charge on any atom is 0.103 e. The summed E-state index contributed by atoms with van der Waals surface area (Å²) in [5, 5.41) is 10.3. The fourth-order valence-electron chi connectivity index (χ4n) is 2.83. The van der Waals surface area contributed by atoms with Gasteiger partial charge in [-0.1, -0.05) is 24.3 Å². The predicted octanol–water partition coefficient (Wildman–Crippen LogP) is 1.20. The van der Waals surface area contributed by atoms with E-state index in [1.807, 2.05) is 0 Å². The van der Waals surface area contributed by atoms with Crippen molar-refractivity contribution in [3.63, 3.8) is 0 Å². The molecule has 3 rings (SSSR count). The second-order valence-electron chi connectivity index (χ2n) is 5.26. The van der Waals surface area contributed by atoms with Crippen molar-refractivity contribution in [3.8, 4) is 0 Å². The minimum atomic E-state index is -0.619. The highest BCUT2D eigenvalue weighted by molar-refractivity contribution is 5.29. The molecule has 0 aromatic heterocycles. The van der Waals surface area contributed by atoms with E-state index in [4.69, 9.17) is 4.74 Å². The Morgan fingerprint density at radius 2 is 2.12 bits per heavy atom. The van der Waals surface area contributed by atoms with E-state index in [1.54, 1.807) is 0 Å². The van der Waals surface area contributed by atoms with Crippen molar-refractivity contribution in [3.05, 3.63) is 35.4 Å². The predicted molar refractivity (Wildman–Crippen MR) is 65.8 cm³/mol. The summed E-state index contributed by atoms with van der Waals surface area (Å²) in [5.74, 6) is 0. The summed E-state index contributed by atoms with van der Waals surface area (Å²) < 4.78 is 5.29. The Balaban J connectivity index is 1.68. The van der Waals surface area contributed by atoms with Gasteiger partial charge in [0.2, 0.25) is 0 Å². The number of nitrogens with zero attached hydrogens (tertiary/aromatic N) is 1. The Kier molecular flexibility index (Phi) is 2.90. The molecular weight excluding hydrogens is 214 g/mol. The number of rotatable bonds is 2. The van der Waals surface area contributed by atoms with Gasteiger partial charge in [-0.25, -0.2) is 0 Å². The molecule has 1 aromatic carbocycles. The maximum atomic E-state index is 10.3. The Morgan fingerprint density at radius 1 is 1.29 bits per heavy atom. The van der Waals surface area contributed by atoms with Crippen molar-refractivity contribution >= 4 is 0 Å². The highest BCUT2D eigenvalue weighted by atomic mass is 16.5. The third-order valence-electron chi connectivity index (χ3n) is 3.81. The Bertz CT molecular complexity index is 399. The zero-order chi connectivity index (χ0) is 11.7. The highest BCUT2D eigenvalue weighted by Crippen LogP contribution is 2.24. The van der Waals surface area contributed by atoms with Crippen LogP contribution in [0.3, 0.4) is 0 Å². The average molecular weight is 233 g/mol. The van der Waals surface area contributed by atoms with E-state index in [9.17, 15) is 5.11 Å². The third-order valence-corrected chi connectivity index (χ3v) is 3.81. The Hall–Kier alpha value is -0.900. The number of aliphatic hydroxyl groups is 1. The molecule has 1 aromatic rings. The normalized spacial score (nSPS) is 29.2. The van der Waals surface area contributed by atoms with Gasteiger partial charge in [-0.3, -0.25) is 4.90 Å². The summed E-state index contributed by atoms with van der Waals surface area (Å²) in [7, 11) is 0. The van der Waals surface area contributed by atoms with Crippen LogP contribution in [0.15, 0.2) is 24.3 Å². The van der Waals surface area contributed by atoms with Gasteiger partial charge in [0.1, 0.15) is 5.60 Å². The Labute approximate surface area is 102 Å². The SMILES string of the molecule is OC1(CN2CCc3ccccc3C2)CCOC1. The lowest BCUT2D eigenvalue weighted by molar-refractivity contribution is -0.00767. The molecule has 1 unspecified atom stereocenters. The molecule has 0 spiro atoms. The van der Waals surface area contributed by atoms with Crippen molar-refractivity contribution in [2.45, 2.75) is 25.0 Å². The summed E-state index contributed by atoms with van der Waals surface area (Å²) in [6.07, 6.45) is 1.86. The molecule has 0 aliphatic carbocycles. The van der Waals surface area contributed by atoms with Crippen LogP contribution in [0.25, 0.3) is 0 Å². The molecule has 1 saturated heterocycles. The fraction of sp³-hybridized carbons (Fsp3) is 0.571. The van der Waals surface area contributed by atoms with Gasteiger partial charge >= 0.3 is 0 Å². The molecule has 2 aliphatic heterocycles. The molecule has 92 valence electrons. The van der Waals surface area contributed by atoms with E-state index in [0.717, 1.165) is 32.5 Å². The quantitative estimate of drug-likeness (QED) is 0.833. The molecule has 3 heteroatoms. The largest absolute Gasteiger partial charge is 0.386 e. The second-order valence-corrected chi connectivity index (χ2v) is 5.26. The van der Waals surface area contributed by atoms with Gasteiger partial charge in [-0.2, -0.15) is 0 Å². The maximum absolute atomic E-state index is 10.3. The van der Waals surface area contributed by atoms with Crippen LogP contribution >= 0.6 is 0 Å². The lowest BCUT2D eigenvalue weighted by Gasteiger charge is -2.33. The molecule has 0 saturated carbocycles. The van der Waals surface area contributed by atoms with E-state index in [0.29, 0.717) is 13.2 Å². The zero-order valence-electron chi connectivity index (χ0n) is 10.1. The van der Waals surface area contributed by atoms with E-state index in [2.05, 4.69) is 29.2 Å². The standard InChI is InChI=1S/C14H19NO2/c16-14(6-8-17-11-14)10-15-7-5-12-3-1-2-4-13(12)9-15/h1-4,16H,5-11H2. The minimum Gasteiger partial charge on any atom is -0.386 e. The van der Waals surface area contributed by atoms with Gasteiger partial charge in [0.25, 0.3) is 0 Å². The summed E-state index contributed by atoms with van der Waals surface area (Å²) in [5.41, 5.74) is 2.24. The second kappa shape index (κ2) is 4.41. The number of hydrogen-bond donors (Lipinski definition) is 1. The number of benzene rings is 1. The molecule has 1 N–H and O–H groups in total. The van der Waals surface area contributed by atoms with E-state index >= 15 is 0 Å². The van der Waals surface area contributed by atoms with Crippen molar-refractivity contribution < 1.29 is 9.84 Å². The summed E-state index contributed by atoms with van der Waals surface area (Å²) in [6, 6.07) is 8.60. The summed E-state index contributed by atoms with van der Waals surface area (Å²) in [6.45, 7) is 3.92. The van der Waals surface area contributed by atoms with Crippen LogP contribution in [-0.4, -0.2) is 41.9 Å². The van der Waals surface area contributed by atoms with Crippen LogP contribution in [0.4, 0.5) is 0 Å². The molecule has 3 nitrogen and oxygen atoms in total. The molecule has 1 fully saturated rings. The van der Waals surface area contributed by atoms with Crippen LogP contribution in [0.1, 0.15) is 17.5 Å². The van der Waals surface area contributed by atoms with Crippen LogP contribution in [-0.2, 0) is 17.7 Å². The first kappa shape index (κ1) is 11.2. The zero-order valence-corrected chi connectivity index (χ0v) is 10.1. The molecular formula is C14H19NO2. The number of ether oxygens (including phenoxy) is 1. The number of hydrogen-bond acceptors (Lipinski definition) is 3. The Morgan fingerprint density at radius 3 is 2.88 bits per heavy atom. The summed E-state index contributed by atoms with van der Waals surface area (Å²) >= 11 is 0. The molecule has 0 radical (unpaired) electrons. The monoisotopic (exact) mass is 233 g/mol. The number of fused-ring (bicyclic) bond motifs is 1. The van der Waals surface area contributed by atoms with Gasteiger partial charge < -0.3 is 9.84 Å². The first-order valence-electron chi connectivity index (χ1n) is 6.34. The minimum absolute atomic E-state index is 0.491. The molecule has 2 aliphatic rings. The third kappa shape index (κ3) is 2.37. The lowest BCUT2D eigenvalue weighted by atomic mass is 9.97. The van der Waals surface area contributed by atoms with Gasteiger partial charge in [0, 0.05) is 32.7 Å². The van der Waals surface area contributed by atoms with E-state index < -0.39 is 5.60 Å². The molecule has 17 heavy (non-hydrogen) atoms. The van der Waals surface area contributed by atoms with E-state index in [-0.39, 0.29) is 0 Å². The van der Waals surface area contributed by atoms with Gasteiger partial charge in [-0.15, -0.1) is 0 Å². The van der Waals surface area contributed by atoms with Crippen LogP contribution in [0, 0.1) is 0 Å². The van der Waals surface area contributed by atoms with Crippen LogP contribution in [0.5, 0.6) is 0 Å². The van der Waals surface area contributed by atoms with Crippen molar-refractivity contribution in [1.29, 1.82) is 0 Å². The van der Waals surface area contributed by atoms with Crippen LogP contribution < -0.4 is 0 Å². The van der Waals surface area contributed by atoms with Crippen molar-refractivity contribution in [2.24, 2.45) is 0 Å². The molecule has 1 atom stereocenters. The molecule has 0 amide bonds. The van der Waals surface area contributed by atoms with Gasteiger partial charge in [-0.05, 0) is 17.5 Å². The van der Waals surface area contributed by atoms with Crippen molar-refractivity contribution in [2.75, 3.05) is 26.3 Å². The highest BCUT2D eigenvalue weighted by Gasteiger charge is 2.34. The topological polar surface area (TPSA) is 32.7 Å².